The molecule has 0 fully saturated rings. The smallest absolute Gasteiger partial charge is 0.0499 e. The van der Waals surface area contributed by atoms with Gasteiger partial charge in [-0.15, -0.1) is 0 Å². The van der Waals surface area contributed by atoms with E-state index < -0.39 is 0 Å². The summed E-state index contributed by atoms with van der Waals surface area (Å²) in [6, 6.07) is 6.67. The summed E-state index contributed by atoms with van der Waals surface area (Å²) in [5.74, 6) is 0.00686. The van der Waals surface area contributed by atoms with Crippen molar-refractivity contribution in [1.29, 1.82) is 0 Å². The lowest BCUT2D eigenvalue weighted by Crippen LogP contribution is -2.02. The molecule has 1 radical (unpaired) electrons. The zero-order valence-corrected chi connectivity index (χ0v) is 10.5. The van der Waals surface area contributed by atoms with Gasteiger partial charge < -0.3 is 5.11 Å². The molecule has 1 unspecified atom stereocenters. The quantitative estimate of drug-likeness (QED) is 0.776. The molecular formula is C15H23O. The van der Waals surface area contributed by atoms with Crippen molar-refractivity contribution in [2.75, 3.05) is 6.61 Å². The molecule has 1 nitrogen and oxygen atoms in total. The number of rotatable bonds is 6. The Hall–Kier alpha value is -0.820. The maximum absolute atomic E-state index is 9.17. The zero-order chi connectivity index (χ0) is 12.0. The highest BCUT2D eigenvalue weighted by Crippen LogP contribution is 2.20. The second-order valence-corrected chi connectivity index (χ2v) is 4.46. The van der Waals surface area contributed by atoms with E-state index in [0.29, 0.717) is 0 Å². The van der Waals surface area contributed by atoms with Crippen molar-refractivity contribution >= 4 is 0 Å². The zero-order valence-electron chi connectivity index (χ0n) is 10.5. The minimum Gasteiger partial charge on any atom is -0.396 e. The Balaban J connectivity index is 2.97. The van der Waals surface area contributed by atoms with E-state index in [4.69, 9.17) is 5.11 Å². The Labute approximate surface area is 99.5 Å². The summed E-state index contributed by atoms with van der Waals surface area (Å²) in [5.41, 5.74) is 3.94. The van der Waals surface area contributed by atoms with Gasteiger partial charge in [0.15, 0.2) is 0 Å². The van der Waals surface area contributed by atoms with Gasteiger partial charge in [0, 0.05) is 12.5 Å². The molecule has 0 spiro atoms. The Morgan fingerprint density at radius 1 is 1.06 bits per heavy atom. The van der Waals surface area contributed by atoms with Crippen molar-refractivity contribution in [1.82, 2.24) is 0 Å². The van der Waals surface area contributed by atoms with Gasteiger partial charge in [-0.2, -0.15) is 0 Å². The average Bonchev–Trinajstić information content (AvgIpc) is 2.28. The van der Waals surface area contributed by atoms with Crippen LogP contribution in [0.4, 0.5) is 0 Å². The summed E-state index contributed by atoms with van der Waals surface area (Å²) in [4.78, 5) is 0. The Kier molecular flexibility index (Phi) is 5.54. The fraction of sp³-hybridized carbons (Fsp3) is 0.533. The third kappa shape index (κ3) is 3.64. The number of aliphatic hydroxyl groups is 1. The van der Waals surface area contributed by atoms with E-state index in [1.807, 2.05) is 0 Å². The molecule has 0 bridgehead atoms. The molecule has 1 aromatic carbocycles. The van der Waals surface area contributed by atoms with Gasteiger partial charge in [0.25, 0.3) is 0 Å². The van der Waals surface area contributed by atoms with Crippen molar-refractivity contribution < 1.29 is 5.11 Å². The second-order valence-electron chi connectivity index (χ2n) is 4.46. The summed E-state index contributed by atoms with van der Waals surface area (Å²) in [6.45, 7) is 8.49. The van der Waals surface area contributed by atoms with Crippen molar-refractivity contribution in [2.24, 2.45) is 0 Å². The van der Waals surface area contributed by atoms with Crippen LogP contribution in [0.3, 0.4) is 0 Å². The molecule has 1 heteroatoms. The standard InChI is InChI=1S/C15H23O/c1-4-6-13-8-14(7-5-2)10-15(9-13)12(3)11-16/h8-10,12,16H,3-7,11H2,1-2H3. The van der Waals surface area contributed by atoms with Gasteiger partial charge in [0.05, 0.1) is 0 Å². The SMILES string of the molecule is [CH2]C(CO)c1cc(CCC)cc(CCC)c1. The van der Waals surface area contributed by atoms with Crippen molar-refractivity contribution in [3.8, 4) is 0 Å². The first-order valence-corrected chi connectivity index (χ1v) is 6.27. The lowest BCUT2D eigenvalue weighted by atomic mass is 9.94. The molecule has 1 rings (SSSR count). The maximum Gasteiger partial charge on any atom is 0.0499 e. The summed E-state index contributed by atoms with van der Waals surface area (Å²) in [5, 5.41) is 9.17. The average molecular weight is 219 g/mol. The molecule has 1 atom stereocenters. The third-order valence-corrected chi connectivity index (χ3v) is 2.84. The van der Waals surface area contributed by atoms with Gasteiger partial charge in [-0.05, 0) is 36.5 Å². The molecule has 89 valence electrons. The summed E-state index contributed by atoms with van der Waals surface area (Å²) >= 11 is 0. The summed E-state index contributed by atoms with van der Waals surface area (Å²) in [6.07, 6.45) is 4.55. The fourth-order valence-electron chi connectivity index (χ4n) is 2.00. The van der Waals surface area contributed by atoms with E-state index >= 15 is 0 Å². The number of benzene rings is 1. The lowest BCUT2D eigenvalue weighted by molar-refractivity contribution is 0.282. The first kappa shape index (κ1) is 13.2. The van der Waals surface area contributed by atoms with Crippen LogP contribution in [0.5, 0.6) is 0 Å². The number of hydrogen-bond acceptors (Lipinski definition) is 1. The molecule has 1 N–H and O–H groups in total. The largest absolute Gasteiger partial charge is 0.396 e. The molecule has 0 amide bonds. The number of aryl methyl sites for hydroxylation is 2. The minimum absolute atomic E-state index is 0.00686. The van der Waals surface area contributed by atoms with Gasteiger partial charge in [-0.25, -0.2) is 0 Å². The van der Waals surface area contributed by atoms with Crippen LogP contribution in [-0.4, -0.2) is 11.7 Å². The Bertz CT molecular complexity index is 293. The van der Waals surface area contributed by atoms with Gasteiger partial charge >= 0.3 is 0 Å². The second kappa shape index (κ2) is 6.70. The van der Waals surface area contributed by atoms with Crippen LogP contribution in [0.15, 0.2) is 18.2 Å². The molecule has 16 heavy (non-hydrogen) atoms. The van der Waals surface area contributed by atoms with Gasteiger partial charge in [0.1, 0.15) is 0 Å². The van der Waals surface area contributed by atoms with E-state index in [1.165, 1.54) is 16.7 Å². The molecule has 0 saturated carbocycles. The highest BCUT2D eigenvalue weighted by molar-refractivity contribution is 5.33. The van der Waals surface area contributed by atoms with Crippen LogP contribution >= 0.6 is 0 Å². The Morgan fingerprint density at radius 3 is 1.94 bits per heavy atom. The van der Waals surface area contributed by atoms with Crippen LogP contribution < -0.4 is 0 Å². The molecule has 0 aliphatic carbocycles. The highest BCUT2D eigenvalue weighted by Gasteiger charge is 2.07. The normalized spacial score (nSPS) is 12.8. The third-order valence-electron chi connectivity index (χ3n) is 2.84. The van der Waals surface area contributed by atoms with Crippen LogP contribution in [0.25, 0.3) is 0 Å². The van der Waals surface area contributed by atoms with Crippen LogP contribution in [0.2, 0.25) is 0 Å². The topological polar surface area (TPSA) is 20.2 Å². The first-order chi connectivity index (χ1) is 7.71. The maximum atomic E-state index is 9.17. The molecule has 0 saturated heterocycles. The Morgan fingerprint density at radius 2 is 1.56 bits per heavy atom. The van der Waals surface area contributed by atoms with Gasteiger partial charge in [-0.1, -0.05) is 44.9 Å². The highest BCUT2D eigenvalue weighted by atomic mass is 16.3. The fourth-order valence-corrected chi connectivity index (χ4v) is 2.00. The molecular weight excluding hydrogens is 196 g/mol. The molecule has 0 heterocycles. The molecule has 0 aromatic heterocycles. The van der Waals surface area contributed by atoms with E-state index in [-0.39, 0.29) is 12.5 Å². The predicted molar refractivity (Wildman–Crippen MR) is 69.6 cm³/mol. The van der Waals surface area contributed by atoms with E-state index in [1.54, 1.807) is 0 Å². The summed E-state index contributed by atoms with van der Waals surface area (Å²) < 4.78 is 0. The van der Waals surface area contributed by atoms with E-state index in [9.17, 15) is 0 Å². The van der Waals surface area contributed by atoms with Gasteiger partial charge in [-0.3, -0.25) is 0 Å². The monoisotopic (exact) mass is 219 g/mol. The van der Waals surface area contributed by atoms with Gasteiger partial charge in [0.2, 0.25) is 0 Å². The molecule has 0 aliphatic heterocycles. The van der Waals surface area contributed by atoms with Crippen LogP contribution in [-0.2, 0) is 12.8 Å². The van der Waals surface area contributed by atoms with Crippen LogP contribution in [0.1, 0.15) is 49.3 Å². The first-order valence-electron chi connectivity index (χ1n) is 6.27. The van der Waals surface area contributed by atoms with Crippen LogP contribution in [0, 0.1) is 6.92 Å². The number of aliphatic hydroxyl groups excluding tert-OH is 1. The van der Waals surface area contributed by atoms with E-state index in [2.05, 4.69) is 39.0 Å². The van der Waals surface area contributed by atoms with E-state index in [0.717, 1.165) is 25.7 Å². The molecule has 0 aliphatic rings. The van der Waals surface area contributed by atoms with Crippen molar-refractivity contribution in [2.45, 2.75) is 45.4 Å². The van der Waals surface area contributed by atoms with Crippen molar-refractivity contribution in [3.05, 3.63) is 41.8 Å². The predicted octanol–water partition coefficient (Wildman–Crippen LogP) is 3.50. The minimum atomic E-state index is 0.00686. The van der Waals surface area contributed by atoms with Crippen molar-refractivity contribution in [3.63, 3.8) is 0 Å². The summed E-state index contributed by atoms with van der Waals surface area (Å²) in [7, 11) is 0. The molecule has 1 aromatic rings. The lowest BCUT2D eigenvalue weighted by Gasteiger charge is -2.13. The number of hydrogen-bond donors (Lipinski definition) is 1.